The average Bonchev–Trinajstić information content (AvgIpc) is 2.33. The molecule has 1 aromatic heterocycles. The molecule has 0 amide bonds. The Balaban J connectivity index is 2.24. The number of hydrogen-bond donors (Lipinski definition) is 1. The van der Waals surface area contributed by atoms with Crippen LogP contribution in [0, 0.1) is 0 Å². The van der Waals surface area contributed by atoms with Gasteiger partial charge in [0.2, 0.25) is 0 Å². The van der Waals surface area contributed by atoms with Crippen LogP contribution in [0.15, 0.2) is 15.7 Å². The Kier molecular flexibility index (Phi) is 3.68. The summed E-state index contributed by atoms with van der Waals surface area (Å²) < 4.78 is 2.68. The van der Waals surface area contributed by atoms with Gasteiger partial charge in [-0.2, -0.15) is 0 Å². The van der Waals surface area contributed by atoms with E-state index >= 15 is 0 Å². The number of aromatic nitrogens is 2. The standard InChI is InChI=1S/C12H20N4O2/c1-9-7-16(5-4-13-9)8-10-6-11(17)15(3)12(18)14(10)2/h6,9,13H,4-5,7-8H2,1-3H3. The molecule has 18 heavy (non-hydrogen) atoms. The van der Waals surface area contributed by atoms with Gasteiger partial charge in [-0.1, -0.05) is 0 Å². The molecule has 0 spiro atoms. The largest absolute Gasteiger partial charge is 0.330 e. The fourth-order valence-electron chi connectivity index (χ4n) is 2.31. The molecule has 1 aromatic rings. The first-order chi connectivity index (χ1) is 8.49. The van der Waals surface area contributed by atoms with Gasteiger partial charge in [-0.3, -0.25) is 18.8 Å². The molecule has 0 saturated carbocycles. The maximum Gasteiger partial charge on any atom is 0.330 e. The molecule has 1 aliphatic heterocycles. The van der Waals surface area contributed by atoms with Crippen molar-refractivity contribution in [2.75, 3.05) is 19.6 Å². The summed E-state index contributed by atoms with van der Waals surface area (Å²) in [6, 6.07) is 2.00. The Morgan fingerprint density at radius 3 is 2.72 bits per heavy atom. The molecule has 1 unspecified atom stereocenters. The van der Waals surface area contributed by atoms with Crippen LogP contribution in [-0.2, 0) is 20.6 Å². The van der Waals surface area contributed by atoms with Gasteiger partial charge in [0.25, 0.3) is 5.56 Å². The van der Waals surface area contributed by atoms with E-state index in [2.05, 4.69) is 17.1 Å². The lowest BCUT2D eigenvalue weighted by molar-refractivity contribution is 0.195. The molecule has 0 aromatic carbocycles. The van der Waals surface area contributed by atoms with Crippen molar-refractivity contribution in [2.45, 2.75) is 19.5 Å². The molecular weight excluding hydrogens is 232 g/mol. The molecule has 6 nitrogen and oxygen atoms in total. The normalized spacial score (nSPS) is 21.2. The lowest BCUT2D eigenvalue weighted by atomic mass is 10.2. The second-order valence-electron chi connectivity index (χ2n) is 4.96. The van der Waals surface area contributed by atoms with Crippen molar-refractivity contribution >= 4 is 0 Å². The number of hydrogen-bond acceptors (Lipinski definition) is 4. The van der Waals surface area contributed by atoms with Crippen LogP contribution < -0.4 is 16.6 Å². The molecule has 1 atom stereocenters. The van der Waals surface area contributed by atoms with Crippen LogP contribution in [0.1, 0.15) is 12.6 Å². The summed E-state index contributed by atoms with van der Waals surface area (Å²) in [6.07, 6.45) is 0. The van der Waals surface area contributed by atoms with Crippen LogP contribution in [0.5, 0.6) is 0 Å². The third kappa shape index (κ3) is 2.54. The Hall–Kier alpha value is -1.40. The summed E-state index contributed by atoms with van der Waals surface area (Å²) in [4.78, 5) is 25.7. The monoisotopic (exact) mass is 252 g/mol. The van der Waals surface area contributed by atoms with Crippen molar-refractivity contribution in [3.63, 3.8) is 0 Å². The van der Waals surface area contributed by atoms with Gasteiger partial charge in [0, 0.05) is 58.1 Å². The topological polar surface area (TPSA) is 59.3 Å². The molecule has 2 heterocycles. The van der Waals surface area contributed by atoms with E-state index in [0.29, 0.717) is 12.6 Å². The van der Waals surface area contributed by atoms with Crippen molar-refractivity contribution in [1.82, 2.24) is 19.4 Å². The molecule has 0 aliphatic carbocycles. The zero-order valence-corrected chi connectivity index (χ0v) is 11.1. The van der Waals surface area contributed by atoms with E-state index in [-0.39, 0.29) is 11.2 Å². The SMILES string of the molecule is CC1CN(Cc2cc(=O)n(C)c(=O)n2C)CCN1. The Morgan fingerprint density at radius 2 is 2.06 bits per heavy atom. The van der Waals surface area contributed by atoms with Gasteiger partial charge in [-0.25, -0.2) is 4.79 Å². The van der Waals surface area contributed by atoms with Crippen molar-refractivity contribution in [1.29, 1.82) is 0 Å². The van der Waals surface area contributed by atoms with Gasteiger partial charge in [0.15, 0.2) is 0 Å². The van der Waals surface area contributed by atoms with E-state index in [4.69, 9.17) is 0 Å². The Labute approximate surface area is 106 Å². The highest BCUT2D eigenvalue weighted by molar-refractivity contribution is 5.02. The van der Waals surface area contributed by atoms with Crippen molar-refractivity contribution in [3.8, 4) is 0 Å². The van der Waals surface area contributed by atoms with Crippen LogP contribution in [-0.4, -0.2) is 39.7 Å². The van der Waals surface area contributed by atoms with E-state index < -0.39 is 0 Å². The number of rotatable bonds is 2. The van der Waals surface area contributed by atoms with E-state index in [1.54, 1.807) is 17.7 Å². The first-order valence-electron chi connectivity index (χ1n) is 6.20. The van der Waals surface area contributed by atoms with Gasteiger partial charge in [-0.15, -0.1) is 0 Å². The molecule has 2 rings (SSSR count). The number of piperazine rings is 1. The Bertz CT molecular complexity index is 546. The summed E-state index contributed by atoms with van der Waals surface area (Å²) in [7, 11) is 3.21. The minimum absolute atomic E-state index is 0.240. The van der Waals surface area contributed by atoms with E-state index in [1.165, 1.54) is 7.05 Å². The molecule has 1 N–H and O–H groups in total. The zero-order chi connectivity index (χ0) is 13.3. The first-order valence-corrected chi connectivity index (χ1v) is 6.20. The minimum Gasteiger partial charge on any atom is -0.312 e. The lowest BCUT2D eigenvalue weighted by Crippen LogP contribution is -2.49. The van der Waals surface area contributed by atoms with Crippen molar-refractivity contribution in [2.24, 2.45) is 14.1 Å². The summed E-state index contributed by atoms with van der Waals surface area (Å²) in [5.74, 6) is 0. The molecule has 0 bridgehead atoms. The second kappa shape index (κ2) is 5.07. The summed E-state index contributed by atoms with van der Waals surface area (Å²) in [5.41, 5.74) is 0.272. The van der Waals surface area contributed by atoms with Crippen molar-refractivity contribution < 1.29 is 0 Å². The first kappa shape index (κ1) is 13.0. The maximum absolute atomic E-state index is 11.8. The van der Waals surface area contributed by atoms with Crippen LogP contribution >= 0.6 is 0 Å². The molecule has 0 radical (unpaired) electrons. The predicted octanol–water partition coefficient (Wildman–Crippen LogP) is -1.12. The molecule has 1 aliphatic rings. The Morgan fingerprint density at radius 1 is 1.33 bits per heavy atom. The van der Waals surface area contributed by atoms with Crippen molar-refractivity contribution in [3.05, 3.63) is 32.6 Å². The fourth-order valence-corrected chi connectivity index (χ4v) is 2.31. The highest BCUT2D eigenvalue weighted by Gasteiger charge is 2.17. The van der Waals surface area contributed by atoms with E-state index in [0.717, 1.165) is 29.9 Å². The van der Waals surface area contributed by atoms with E-state index in [1.807, 2.05) is 0 Å². The van der Waals surface area contributed by atoms with Gasteiger partial charge in [0.1, 0.15) is 0 Å². The average molecular weight is 252 g/mol. The van der Waals surface area contributed by atoms with Crippen LogP contribution in [0.3, 0.4) is 0 Å². The fraction of sp³-hybridized carbons (Fsp3) is 0.667. The smallest absolute Gasteiger partial charge is 0.312 e. The molecular formula is C12H20N4O2. The zero-order valence-electron chi connectivity index (χ0n) is 11.1. The number of nitrogens with zero attached hydrogens (tertiary/aromatic N) is 3. The van der Waals surface area contributed by atoms with Crippen LogP contribution in [0.25, 0.3) is 0 Å². The highest BCUT2D eigenvalue weighted by Crippen LogP contribution is 2.04. The van der Waals surface area contributed by atoms with E-state index in [9.17, 15) is 9.59 Å². The lowest BCUT2D eigenvalue weighted by Gasteiger charge is -2.32. The maximum atomic E-state index is 11.8. The molecule has 1 saturated heterocycles. The van der Waals surface area contributed by atoms with Crippen LogP contribution in [0.2, 0.25) is 0 Å². The predicted molar refractivity (Wildman–Crippen MR) is 69.7 cm³/mol. The number of nitrogens with one attached hydrogen (secondary N) is 1. The third-order valence-electron chi connectivity index (χ3n) is 3.46. The van der Waals surface area contributed by atoms with Gasteiger partial charge < -0.3 is 5.32 Å². The van der Waals surface area contributed by atoms with Crippen LogP contribution in [0.4, 0.5) is 0 Å². The summed E-state index contributed by atoms with van der Waals surface area (Å²) in [5, 5.41) is 3.37. The summed E-state index contributed by atoms with van der Waals surface area (Å²) >= 11 is 0. The van der Waals surface area contributed by atoms with Gasteiger partial charge in [-0.05, 0) is 6.92 Å². The molecule has 1 fully saturated rings. The highest BCUT2D eigenvalue weighted by atomic mass is 16.2. The molecule has 100 valence electrons. The second-order valence-corrected chi connectivity index (χ2v) is 4.96. The third-order valence-corrected chi connectivity index (χ3v) is 3.46. The quantitative estimate of drug-likeness (QED) is 0.724. The van der Waals surface area contributed by atoms with Gasteiger partial charge in [0.05, 0.1) is 0 Å². The minimum atomic E-state index is -0.263. The molecule has 6 heteroatoms. The van der Waals surface area contributed by atoms with Gasteiger partial charge >= 0.3 is 5.69 Å². The summed E-state index contributed by atoms with van der Waals surface area (Å²) in [6.45, 7) is 5.60.